The molecule has 1 aromatic rings. The van der Waals surface area contributed by atoms with Crippen LogP contribution in [-0.4, -0.2) is 4.98 Å². The summed E-state index contributed by atoms with van der Waals surface area (Å²) in [6.45, 7) is 1.88. The van der Waals surface area contributed by atoms with Crippen LogP contribution in [-0.2, 0) is 0 Å². The third-order valence-corrected chi connectivity index (χ3v) is 2.20. The molecule has 0 amide bonds. The van der Waals surface area contributed by atoms with Crippen molar-refractivity contribution in [2.45, 2.75) is 13.0 Å². The number of halogens is 2. The Hall–Kier alpha value is 0.170. The molecule has 0 saturated heterocycles. The van der Waals surface area contributed by atoms with Crippen LogP contribution in [0.3, 0.4) is 0 Å². The van der Waals surface area contributed by atoms with Gasteiger partial charge in [0.1, 0.15) is 9.34 Å². The van der Waals surface area contributed by atoms with Crippen LogP contribution in [0.4, 0.5) is 0 Å². The molecule has 58 valence electrons. The highest BCUT2D eigenvalue weighted by Gasteiger charge is 2.02. The minimum atomic E-state index is 0. The minimum absolute atomic E-state index is 0. The first-order valence-corrected chi connectivity index (χ1v) is 3.76. The third-order valence-electron chi connectivity index (χ3n) is 0.885. The lowest BCUT2D eigenvalue weighted by Crippen LogP contribution is -2.03. The van der Waals surface area contributed by atoms with E-state index in [1.807, 2.05) is 6.92 Å². The van der Waals surface area contributed by atoms with Crippen LogP contribution >= 0.6 is 35.3 Å². The van der Waals surface area contributed by atoms with E-state index >= 15 is 0 Å². The Balaban J connectivity index is 0.000000810. The first-order chi connectivity index (χ1) is 4.20. The molecule has 0 saturated carbocycles. The van der Waals surface area contributed by atoms with Crippen molar-refractivity contribution in [3.05, 3.63) is 15.5 Å². The van der Waals surface area contributed by atoms with Crippen molar-refractivity contribution in [3.63, 3.8) is 0 Å². The Labute approximate surface area is 74.8 Å². The van der Waals surface area contributed by atoms with E-state index in [-0.39, 0.29) is 18.4 Å². The number of thiazole rings is 1. The van der Waals surface area contributed by atoms with E-state index in [0.717, 1.165) is 5.01 Å². The summed E-state index contributed by atoms with van der Waals surface area (Å²) in [5.41, 5.74) is 5.52. The fourth-order valence-electron chi connectivity index (χ4n) is 0.477. The Morgan fingerprint density at radius 2 is 2.40 bits per heavy atom. The van der Waals surface area contributed by atoms with Crippen LogP contribution in [0.25, 0.3) is 0 Å². The van der Waals surface area contributed by atoms with Crippen molar-refractivity contribution in [1.82, 2.24) is 4.98 Å². The van der Waals surface area contributed by atoms with Crippen molar-refractivity contribution < 1.29 is 0 Å². The molecule has 0 aliphatic rings. The SMILES string of the molecule is C[C@@H](N)c1ncc(Cl)s1.Cl. The van der Waals surface area contributed by atoms with Crippen molar-refractivity contribution in [3.8, 4) is 0 Å². The van der Waals surface area contributed by atoms with E-state index < -0.39 is 0 Å². The van der Waals surface area contributed by atoms with Gasteiger partial charge in [0.05, 0.1) is 12.2 Å². The van der Waals surface area contributed by atoms with Gasteiger partial charge < -0.3 is 5.73 Å². The lowest BCUT2D eigenvalue weighted by Gasteiger charge is -1.94. The van der Waals surface area contributed by atoms with Crippen molar-refractivity contribution in [2.24, 2.45) is 5.73 Å². The van der Waals surface area contributed by atoms with Gasteiger partial charge in [-0.1, -0.05) is 11.6 Å². The van der Waals surface area contributed by atoms with Crippen LogP contribution in [0.1, 0.15) is 18.0 Å². The average Bonchev–Trinajstić information content (AvgIpc) is 2.14. The second-order valence-corrected chi connectivity index (χ2v) is 3.48. The van der Waals surface area contributed by atoms with Gasteiger partial charge in [0.2, 0.25) is 0 Å². The molecule has 2 N–H and O–H groups in total. The van der Waals surface area contributed by atoms with E-state index in [2.05, 4.69) is 4.98 Å². The zero-order valence-electron chi connectivity index (χ0n) is 5.37. The average molecular weight is 199 g/mol. The van der Waals surface area contributed by atoms with Crippen molar-refractivity contribution in [2.75, 3.05) is 0 Å². The smallest absolute Gasteiger partial charge is 0.113 e. The molecule has 0 spiro atoms. The summed E-state index contributed by atoms with van der Waals surface area (Å²) < 4.78 is 0.697. The standard InChI is InChI=1S/C5H7ClN2S.ClH/c1-3(7)5-8-2-4(6)9-5;/h2-3H,7H2,1H3;1H/t3-;/m1./s1. The molecule has 5 heteroatoms. The summed E-state index contributed by atoms with van der Waals surface area (Å²) in [7, 11) is 0. The molecule has 1 heterocycles. The van der Waals surface area contributed by atoms with Crippen LogP contribution in [0.2, 0.25) is 4.34 Å². The Morgan fingerprint density at radius 3 is 2.60 bits per heavy atom. The lowest BCUT2D eigenvalue weighted by atomic mass is 10.4. The quantitative estimate of drug-likeness (QED) is 0.753. The van der Waals surface area contributed by atoms with E-state index in [0.29, 0.717) is 4.34 Å². The van der Waals surface area contributed by atoms with E-state index in [9.17, 15) is 0 Å². The molecule has 0 aliphatic heterocycles. The Morgan fingerprint density at radius 1 is 1.80 bits per heavy atom. The molecule has 0 fully saturated rings. The van der Waals surface area contributed by atoms with Gasteiger partial charge >= 0.3 is 0 Å². The molecule has 10 heavy (non-hydrogen) atoms. The topological polar surface area (TPSA) is 38.9 Å². The number of rotatable bonds is 1. The van der Waals surface area contributed by atoms with E-state index in [1.54, 1.807) is 6.20 Å². The van der Waals surface area contributed by atoms with Crippen LogP contribution in [0.5, 0.6) is 0 Å². The zero-order chi connectivity index (χ0) is 6.85. The molecule has 2 nitrogen and oxygen atoms in total. The maximum atomic E-state index is 5.60. The normalized spacial score (nSPS) is 12.3. The van der Waals surface area contributed by atoms with Gasteiger partial charge in [-0.25, -0.2) is 4.98 Å². The Bertz CT molecular complexity index is 199. The first-order valence-electron chi connectivity index (χ1n) is 2.57. The summed E-state index contributed by atoms with van der Waals surface area (Å²) in [4.78, 5) is 3.98. The zero-order valence-corrected chi connectivity index (χ0v) is 7.76. The maximum absolute atomic E-state index is 5.60. The minimum Gasteiger partial charge on any atom is -0.322 e. The first kappa shape index (κ1) is 10.2. The van der Waals surface area contributed by atoms with E-state index in [1.165, 1.54) is 11.3 Å². The second-order valence-electron chi connectivity index (χ2n) is 1.79. The van der Waals surface area contributed by atoms with Gasteiger partial charge in [-0.05, 0) is 6.92 Å². The molecule has 1 rings (SSSR count). The Kier molecular flexibility index (Phi) is 4.20. The summed E-state index contributed by atoms with van der Waals surface area (Å²) >= 11 is 7.03. The van der Waals surface area contributed by atoms with Gasteiger partial charge in [-0.2, -0.15) is 0 Å². The monoisotopic (exact) mass is 198 g/mol. The van der Waals surface area contributed by atoms with E-state index in [4.69, 9.17) is 17.3 Å². The highest BCUT2D eigenvalue weighted by Crippen LogP contribution is 2.21. The van der Waals surface area contributed by atoms with Gasteiger partial charge in [0.25, 0.3) is 0 Å². The number of hydrogen-bond acceptors (Lipinski definition) is 3. The molecule has 0 radical (unpaired) electrons. The summed E-state index contributed by atoms with van der Waals surface area (Å²) in [5, 5.41) is 0.889. The molecule has 0 aromatic carbocycles. The summed E-state index contributed by atoms with van der Waals surface area (Å²) in [6.07, 6.45) is 1.62. The molecule has 1 atom stereocenters. The largest absolute Gasteiger partial charge is 0.322 e. The number of nitrogens with zero attached hydrogens (tertiary/aromatic N) is 1. The molecular formula is C5H8Cl2N2S. The predicted octanol–water partition coefficient (Wildman–Crippen LogP) is 2.24. The maximum Gasteiger partial charge on any atom is 0.113 e. The summed E-state index contributed by atoms with van der Waals surface area (Å²) in [5.74, 6) is 0. The van der Waals surface area contributed by atoms with Gasteiger partial charge in [-0.3, -0.25) is 0 Å². The molecule has 1 aromatic heterocycles. The van der Waals surface area contributed by atoms with Gasteiger partial charge in [0, 0.05) is 0 Å². The summed E-state index contributed by atoms with van der Waals surface area (Å²) in [6, 6.07) is 0.00231. The number of aromatic nitrogens is 1. The lowest BCUT2D eigenvalue weighted by molar-refractivity contribution is 0.807. The fraction of sp³-hybridized carbons (Fsp3) is 0.400. The van der Waals surface area contributed by atoms with Crippen LogP contribution in [0.15, 0.2) is 6.20 Å². The fourth-order valence-corrected chi connectivity index (χ4v) is 1.36. The second kappa shape index (κ2) is 4.13. The molecule has 0 aliphatic carbocycles. The van der Waals surface area contributed by atoms with Gasteiger partial charge in [0.15, 0.2) is 0 Å². The predicted molar refractivity (Wildman–Crippen MR) is 47.0 cm³/mol. The van der Waals surface area contributed by atoms with Crippen LogP contribution < -0.4 is 5.73 Å². The van der Waals surface area contributed by atoms with Crippen LogP contribution in [0, 0.1) is 0 Å². The number of nitrogens with two attached hydrogens (primary N) is 1. The molecule has 0 bridgehead atoms. The van der Waals surface area contributed by atoms with Gasteiger partial charge in [-0.15, -0.1) is 23.7 Å². The number of hydrogen-bond donors (Lipinski definition) is 1. The molecular weight excluding hydrogens is 191 g/mol. The highest BCUT2D eigenvalue weighted by molar-refractivity contribution is 7.15. The molecule has 0 unspecified atom stereocenters. The van der Waals surface area contributed by atoms with Crippen molar-refractivity contribution in [1.29, 1.82) is 0 Å². The van der Waals surface area contributed by atoms with Crippen molar-refractivity contribution >= 4 is 35.3 Å². The highest BCUT2D eigenvalue weighted by atomic mass is 35.5. The third kappa shape index (κ3) is 2.42.